The van der Waals surface area contributed by atoms with E-state index in [-0.39, 0.29) is 24.8 Å². The molecule has 0 radical (unpaired) electrons. The van der Waals surface area contributed by atoms with E-state index >= 15 is 0 Å². The van der Waals surface area contributed by atoms with E-state index in [9.17, 15) is 14.4 Å². The maximum atomic E-state index is 12.4. The monoisotopic (exact) mass is 399 g/mol. The Kier molecular flexibility index (Phi) is 5.96. The molecule has 0 bridgehead atoms. The second kappa shape index (κ2) is 8.58. The van der Waals surface area contributed by atoms with Crippen LogP contribution in [0.2, 0.25) is 5.02 Å². The Morgan fingerprint density at radius 3 is 2.54 bits per heavy atom. The summed E-state index contributed by atoms with van der Waals surface area (Å²) in [7, 11) is 1.26. The zero-order valence-electron chi connectivity index (χ0n) is 15.0. The number of aromatic nitrogens is 1. The number of esters is 1. The Morgan fingerprint density at radius 2 is 1.82 bits per heavy atom. The molecule has 28 heavy (non-hydrogen) atoms. The highest BCUT2D eigenvalue weighted by Gasteiger charge is 2.11. The van der Waals surface area contributed by atoms with Crippen LogP contribution < -0.4 is 10.6 Å². The number of methoxy groups -OCH3 is 1. The van der Waals surface area contributed by atoms with Crippen molar-refractivity contribution in [3.05, 3.63) is 64.8 Å². The third kappa shape index (κ3) is 4.89. The minimum Gasteiger partial charge on any atom is -0.468 e. The summed E-state index contributed by atoms with van der Waals surface area (Å²) in [5.74, 6) is -1.08. The number of benzene rings is 2. The second-order valence-electron chi connectivity index (χ2n) is 6.10. The molecule has 2 amide bonds. The highest BCUT2D eigenvalue weighted by Crippen LogP contribution is 2.20. The maximum Gasteiger partial charge on any atom is 0.325 e. The molecular weight excluding hydrogens is 382 g/mol. The molecule has 0 saturated carbocycles. The van der Waals surface area contributed by atoms with E-state index in [2.05, 4.69) is 20.4 Å². The summed E-state index contributed by atoms with van der Waals surface area (Å²) in [6, 6.07) is 14.0. The van der Waals surface area contributed by atoms with Crippen LogP contribution in [0.4, 0.5) is 5.69 Å². The van der Waals surface area contributed by atoms with Gasteiger partial charge in [-0.1, -0.05) is 29.8 Å². The van der Waals surface area contributed by atoms with Gasteiger partial charge in [-0.05, 0) is 35.9 Å². The van der Waals surface area contributed by atoms with Gasteiger partial charge in [0.05, 0.1) is 13.5 Å². The van der Waals surface area contributed by atoms with Crippen molar-refractivity contribution >= 4 is 46.0 Å². The zero-order valence-corrected chi connectivity index (χ0v) is 15.8. The first-order valence-corrected chi connectivity index (χ1v) is 8.84. The second-order valence-corrected chi connectivity index (χ2v) is 6.53. The van der Waals surface area contributed by atoms with E-state index in [0.717, 1.165) is 16.5 Å². The molecule has 3 aromatic rings. The topological polar surface area (TPSA) is 100 Å². The van der Waals surface area contributed by atoms with E-state index in [1.54, 1.807) is 42.5 Å². The van der Waals surface area contributed by atoms with Gasteiger partial charge in [-0.15, -0.1) is 0 Å². The smallest absolute Gasteiger partial charge is 0.325 e. The minimum absolute atomic E-state index is 0.119. The third-order valence-corrected chi connectivity index (χ3v) is 4.30. The third-order valence-electron chi connectivity index (χ3n) is 4.06. The molecule has 0 saturated heterocycles. The van der Waals surface area contributed by atoms with Gasteiger partial charge >= 0.3 is 5.97 Å². The number of fused-ring (bicyclic) bond motifs is 1. The molecule has 0 atom stereocenters. The van der Waals surface area contributed by atoms with Crippen LogP contribution in [0.5, 0.6) is 0 Å². The lowest BCUT2D eigenvalue weighted by Gasteiger charge is -2.06. The van der Waals surface area contributed by atoms with E-state index in [1.165, 1.54) is 7.11 Å². The summed E-state index contributed by atoms with van der Waals surface area (Å²) in [6.07, 6.45) is 0.119. The van der Waals surface area contributed by atoms with Crippen LogP contribution in [0.25, 0.3) is 10.9 Å². The molecule has 0 spiro atoms. The average Bonchev–Trinajstić information content (AvgIpc) is 3.11. The fourth-order valence-electron chi connectivity index (χ4n) is 2.62. The molecular formula is C20H18ClN3O4. The fraction of sp³-hybridized carbons (Fsp3) is 0.150. The van der Waals surface area contributed by atoms with Gasteiger partial charge in [-0.25, -0.2) is 0 Å². The number of aromatic amines is 1. The van der Waals surface area contributed by atoms with Gasteiger partial charge < -0.3 is 20.4 Å². The number of hydrogen-bond acceptors (Lipinski definition) is 4. The number of carbonyl (C=O) groups excluding carboxylic acids is 3. The van der Waals surface area contributed by atoms with Crippen LogP contribution in [-0.2, 0) is 20.7 Å². The Hall–Kier alpha value is -3.32. The van der Waals surface area contributed by atoms with Crippen LogP contribution in [0.15, 0.2) is 48.5 Å². The van der Waals surface area contributed by atoms with Crippen LogP contribution in [0.1, 0.15) is 16.1 Å². The number of anilines is 1. The van der Waals surface area contributed by atoms with E-state index < -0.39 is 5.97 Å². The molecule has 1 heterocycles. The van der Waals surface area contributed by atoms with E-state index in [1.807, 2.05) is 6.07 Å². The van der Waals surface area contributed by atoms with Crippen molar-refractivity contribution in [3.63, 3.8) is 0 Å². The summed E-state index contributed by atoms with van der Waals surface area (Å²) in [4.78, 5) is 38.3. The lowest BCUT2D eigenvalue weighted by Crippen LogP contribution is -2.31. The Morgan fingerprint density at radius 1 is 1.07 bits per heavy atom. The normalized spacial score (nSPS) is 10.5. The van der Waals surface area contributed by atoms with E-state index in [4.69, 9.17) is 11.6 Å². The SMILES string of the molecule is COC(=O)CNC(=O)Cc1ccc(NC(=O)c2cc3ccc(Cl)cc3[nH]2)cc1. The predicted molar refractivity (Wildman–Crippen MR) is 106 cm³/mol. The standard InChI is InChI=1S/C20H18ClN3O4/c1-28-19(26)11-22-18(25)8-12-2-6-15(7-3-12)23-20(27)17-9-13-4-5-14(21)10-16(13)24-17/h2-7,9-10,24H,8,11H2,1H3,(H,22,25)(H,23,27). The van der Waals surface area contributed by atoms with Crippen molar-refractivity contribution in [2.75, 3.05) is 19.0 Å². The quantitative estimate of drug-likeness (QED) is 0.555. The summed E-state index contributed by atoms with van der Waals surface area (Å²) >= 11 is 5.96. The van der Waals surface area contributed by atoms with Crippen molar-refractivity contribution < 1.29 is 19.1 Å². The zero-order chi connectivity index (χ0) is 20.1. The molecule has 0 aliphatic heterocycles. The molecule has 3 N–H and O–H groups in total. The van der Waals surface area contributed by atoms with Gasteiger partial charge in [0.15, 0.2) is 0 Å². The van der Waals surface area contributed by atoms with Crippen LogP contribution >= 0.6 is 11.6 Å². The molecule has 3 rings (SSSR count). The lowest BCUT2D eigenvalue weighted by molar-refractivity contribution is -0.141. The molecule has 0 unspecified atom stereocenters. The van der Waals surface area contributed by atoms with Crippen molar-refractivity contribution in [1.82, 2.24) is 10.3 Å². The predicted octanol–water partition coefficient (Wildman–Crippen LogP) is 2.91. The molecule has 2 aromatic carbocycles. The summed E-state index contributed by atoms with van der Waals surface area (Å²) in [6.45, 7) is -0.167. The van der Waals surface area contributed by atoms with Gasteiger partial charge in [0.25, 0.3) is 5.91 Å². The Balaban J connectivity index is 1.59. The van der Waals surface area contributed by atoms with Crippen molar-refractivity contribution in [2.45, 2.75) is 6.42 Å². The summed E-state index contributed by atoms with van der Waals surface area (Å²) in [5, 5.41) is 6.75. The molecule has 1 aromatic heterocycles. The van der Waals surface area contributed by atoms with Gasteiger partial charge in [0, 0.05) is 21.6 Å². The van der Waals surface area contributed by atoms with Gasteiger partial charge in [-0.3, -0.25) is 14.4 Å². The number of carbonyl (C=O) groups is 3. The largest absolute Gasteiger partial charge is 0.468 e. The van der Waals surface area contributed by atoms with Crippen molar-refractivity contribution in [3.8, 4) is 0 Å². The average molecular weight is 400 g/mol. The lowest BCUT2D eigenvalue weighted by atomic mass is 10.1. The molecule has 0 aliphatic rings. The van der Waals surface area contributed by atoms with Gasteiger partial charge in [-0.2, -0.15) is 0 Å². The molecule has 0 aliphatic carbocycles. The first-order chi connectivity index (χ1) is 13.4. The highest BCUT2D eigenvalue weighted by atomic mass is 35.5. The Labute approximate surface area is 166 Å². The van der Waals surface area contributed by atoms with Crippen molar-refractivity contribution in [1.29, 1.82) is 0 Å². The number of H-pyrrole nitrogens is 1. The Bertz CT molecular complexity index is 1030. The first kappa shape index (κ1) is 19.4. The number of rotatable bonds is 6. The number of amides is 2. The van der Waals surface area contributed by atoms with Gasteiger partial charge in [0.1, 0.15) is 12.2 Å². The fourth-order valence-corrected chi connectivity index (χ4v) is 2.79. The number of nitrogens with one attached hydrogen (secondary N) is 3. The summed E-state index contributed by atoms with van der Waals surface area (Å²) < 4.78 is 4.46. The van der Waals surface area contributed by atoms with Crippen molar-refractivity contribution in [2.24, 2.45) is 0 Å². The van der Waals surface area contributed by atoms with Gasteiger partial charge in [0.2, 0.25) is 5.91 Å². The number of halogens is 1. The molecule has 144 valence electrons. The van der Waals surface area contributed by atoms with Crippen LogP contribution in [-0.4, -0.2) is 36.4 Å². The first-order valence-electron chi connectivity index (χ1n) is 8.46. The van der Waals surface area contributed by atoms with Crippen LogP contribution in [0.3, 0.4) is 0 Å². The molecule has 0 fully saturated rings. The number of ether oxygens (including phenoxy) is 1. The number of hydrogen-bond donors (Lipinski definition) is 3. The van der Waals surface area contributed by atoms with E-state index in [0.29, 0.717) is 16.4 Å². The minimum atomic E-state index is -0.509. The van der Waals surface area contributed by atoms with Crippen LogP contribution in [0, 0.1) is 0 Å². The molecule has 7 nitrogen and oxygen atoms in total. The molecule has 8 heteroatoms. The maximum absolute atomic E-state index is 12.4. The summed E-state index contributed by atoms with van der Waals surface area (Å²) in [5.41, 5.74) is 2.55. The highest BCUT2D eigenvalue weighted by molar-refractivity contribution is 6.31.